The lowest BCUT2D eigenvalue weighted by Gasteiger charge is -2.14. The average Bonchev–Trinajstić information content (AvgIpc) is 3.29. The maximum atomic E-state index is 12.6. The first-order valence-electron chi connectivity index (χ1n) is 9.41. The fourth-order valence-corrected chi connectivity index (χ4v) is 2.87. The second kappa shape index (κ2) is 9.00. The monoisotopic (exact) mass is 418 g/mol. The molecule has 2 aromatic heterocycles. The Kier molecular flexibility index (Phi) is 5.79. The van der Waals surface area contributed by atoms with E-state index in [4.69, 9.17) is 19.1 Å². The summed E-state index contributed by atoms with van der Waals surface area (Å²) >= 11 is 0. The highest BCUT2D eigenvalue weighted by Gasteiger charge is 2.22. The molecule has 156 valence electrons. The molecule has 2 heterocycles. The van der Waals surface area contributed by atoms with Gasteiger partial charge in [0.05, 0.1) is 6.07 Å². The summed E-state index contributed by atoms with van der Waals surface area (Å²) in [4.78, 5) is 11.1. The van der Waals surface area contributed by atoms with Crippen molar-refractivity contribution in [3.8, 4) is 22.9 Å². The Balaban J connectivity index is 1.64. The number of carboxylic acids is 1. The smallest absolute Gasteiger partial charge is 0.374 e. The molecule has 0 saturated carbocycles. The first kappa shape index (κ1) is 20.0. The summed E-state index contributed by atoms with van der Waals surface area (Å²) in [5.41, 5.74) is 2.02. The average molecular weight is 418 g/mol. The van der Waals surface area contributed by atoms with E-state index < -0.39 is 5.97 Å². The highest BCUT2D eigenvalue weighted by atomic mass is 16.5. The molecule has 0 bridgehead atoms. The molecule has 8 nitrogen and oxygen atoms in total. The minimum Gasteiger partial charge on any atom is -0.618 e. The molecule has 0 fully saturated rings. The maximum Gasteiger partial charge on any atom is 0.374 e. The summed E-state index contributed by atoms with van der Waals surface area (Å²) < 4.78 is 17.1. The zero-order valence-corrected chi connectivity index (χ0v) is 16.3. The van der Waals surface area contributed by atoms with Crippen LogP contribution in [0.3, 0.4) is 0 Å². The van der Waals surface area contributed by atoms with Crippen molar-refractivity contribution in [3.63, 3.8) is 0 Å². The van der Waals surface area contributed by atoms with Gasteiger partial charge in [-0.05, 0) is 11.1 Å². The van der Waals surface area contributed by atoms with Gasteiger partial charge >= 0.3 is 5.97 Å². The van der Waals surface area contributed by atoms with Gasteiger partial charge in [-0.2, -0.15) is 4.73 Å². The van der Waals surface area contributed by atoms with Crippen molar-refractivity contribution in [2.75, 3.05) is 0 Å². The van der Waals surface area contributed by atoms with Crippen LogP contribution in [0.5, 0.6) is 11.5 Å². The van der Waals surface area contributed by atoms with Crippen LogP contribution in [0.1, 0.15) is 21.7 Å². The molecule has 0 radical (unpaired) electrons. The third kappa shape index (κ3) is 4.81. The van der Waals surface area contributed by atoms with Crippen LogP contribution in [0.15, 0.2) is 83.5 Å². The predicted molar refractivity (Wildman–Crippen MR) is 109 cm³/mol. The number of benzene rings is 2. The van der Waals surface area contributed by atoms with Gasteiger partial charge in [-0.3, -0.25) is 0 Å². The van der Waals surface area contributed by atoms with Crippen molar-refractivity contribution in [3.05, 3.63) is 101 Å². The molecule has 0 unspecified atom stereocenters. The minimum absolute atomic E-state index is 0.0753. The lowest BCUT2D eigenvalue weighted by Crippen LogP contribution is -2.29. The normalized spacial score (nSPS) is 10.6. The molecule has 0 amide bonds. The molecule has 0 aliphatic carbocycles. The summed E-state index contributed by atoms with van der Waals surface area (Å²) in [6.45, 7) is 0.499. The van der Waals surface area contributed by atoms with Crippen molar-refractivity contribution >= 4 is 5.97 Å². The van der Waals surface area contributed by atoms with E-state index in [1.165, 1.54) is 18.3 Å². The molecule has 2 aromatic carbocycles. The molecule has 1 N–H and O–H groups in total. The van der Waals surface area contributed by atoms with Crippen LogP contribution in [-0.2, 0) is 13.2 Å². The molecular formula is C23H18N2O6. The van der Waals surface area contributed by atoms with Crippen molar-refractivity contribution in [2.45, 2.75) is 13.2 Å². The number of rotatable bonds is 8. The van der Waals surface area contributed by atoms with Gasteiger partial charge < -0.3 is 24.3 Å². The van der Waals surface area contributed by atoms with E-state index in [0.29, 0.717) is 10.5 Å². The molecule has 0 saturated heterocycles. The van der Waals surface area contributed by atoms with Gasteiger partial charge in [0, 0.05) is 6.07 Å². The Hall–Kier alpha value is -4.33. The van der Waals surface area contributed by atoms with Gasteiger partial charge in [-0.15, -0.1) is 0 Å². The van der Waals surface area contributed by atoms with E-state index in [0.717, 1.165) is 11.1 Å². The van der Waals surface area contributed by atoms with Crippen LogP contribution in [0, 0.1) is 5.21 Å². The van der Waals surface area contributed by atoms with Gasteiger partial charge in [-0.25, -0.2) is 4.79 Å². The standard InChI is InChI=1S/C23H18N2O6/c26-23(27)21-11-18(24-31-21)19-12-20(29-14-16-7-3-1-4-8-16)22(13-25(19)28)30-15-17-9-5-2-6-10-17/h1-13H,14-15H2,(H,26,27). The van der Waals surface area contributed by atoms with Crippen LogP contribution in [0.4, 0.5) is 0 Å². The van der Waals surface area contributed by atoms with Gasteiger partial charge in [-0.1, -0.05) is 65.8 Å². The number of hydrogen-bond donors (Lipinski definition) is 1. The second-order valence-electron chi connectivity index (χ2n) is 6.64. The van der Waals surface area contributed by atoms with E-state index >= 15 is 0 Å². The highest BCUT2D eigenvalue weighted by molar-refractivity contribution is 5.85. The molecule has 8 heteroatoms. The van der Waals surface area contributed by atoms with Crippen LogP contribution in [0.2, 0.25) is 0 Å². The predicted octanol–water partition coefficient (Wildman–Crippen LogP) is 3.83. The summed E-state index contributed by atoms with van der Waals surface area (Å²) in [6, 6.07) is 21.7. The SMILES string of the molecule is O=C(O)c1cc(-c2cc(OCc3ccccc3)c(OCc3ccccc3)c[n+]2[O-])no1. The molecule has 0 spiro atoms. The zero-order valence-electron chi connectivity index (χ0n) is 16.3. The first-order valence-corrected chi connectivity index (χ1v) is 9.41. The van der Waals surface area contributed by atoms with Crippen molar-refractivity contribution in [1.29, 1.82) is 0 Å². The van der Waals surface area contributed by atoms with E-state index in [1.54, 1.807) is 0 Å². The Bertz CT molecular complexity index is 1180. The Labute approximate surface area is 177 Å². The number of pyridine rings is 1. The van der Waals surface area contributed by atoms with Gasteiger partial charge in [0.15, 0.2) is 11.4 Å². The Morgan fingerprint density at radius 3 is 2.06 bits per heavy atom. The molecule has 4 aromatic rings. The number of aromatic carboxylic acids is 1. The molecule has 31 heavy (non-hydrogen) atoms. The summed E-state index contributed by atoms with van der Waals surface area (Å²) in [7, 11) is 0. The minimum atomic E-state index is -1.28. The zero-order chi connectivity index (χ0) is 21.6. The second-order valence-corrected chi connectivity index (χ2v) is 6.64. The fourth-order valence-electron chi connectivity index (χ4n) is 2.87. The molecule has 0 atom stereocenters. The number of nitrogens with zero attached hydrogens (tertiary/aromatic N) is 2. The number of ether oxygens (including phenoxy) is 2. The van der Waals surface area contributed by atoms with Crippen LogP contribution >= 0.6 is 0 Å². The lowest BCUT2D eigenvalue weighted by molar-refractivity contribution is -0.594. The maximum absolute atomic E-state index is 12.6. The van der Waals surface area contributed by atoms with Crippen molar-refractivity contribution < 1.29 is 28.6 Å². The van der Waals surface area contributed by atoms with Crippen LogP contribution in [0.25, 0.3) is 11.4 Å². The molecular weight excluding hydrogens is 400 g/mol. The Morgan fingerprint density at radius 2 is 1.52 bits per heavy atom. The number of carboxylic acid groups (broad SMARTS) is 1. The van der Waals surface area contributed by atoms with E-state index in [2.05, 4.69) is 5.16 Å². The van der Waals surface area contributed by atoms with Gasteiger partial charge in [0.25, 0.3) is 0 Å². The third-order valence-corrected chi connectivity index (χ3v) is 4.44. The third-order valence-electron chi connectivity index (χ3n) is 4.44. The lowest BCUT2D eigenvalue weighted by atomic mass is 10.2. The van der Waals surface area contributed by atoms with E-state index in [1.807, 2.05) is 60.7 Å². The van der Waals surface area contributed by atoms with Crippen LogP contribution in [-0.4, -0.2) is 16.2 Å². The topological polar surface area (TPSA) is 109 Å². The van der Waals surface area contributed by atoms with E-state index in [9.17, 15) is 10.0 Å². The fraction of sp³-hybridized carbons (Fsp3) is 0.0870. The summed E-state index contributed by atoms with van der Waals surface area (Å²) in [6.07, 6.45) is 1.23. The number of aromatic nitrogens is 2. The van der Waals surface area contributed by atoms with E-state index in [-0.39, 0.29) is 36.1 Å². The number of hydrogen-bond acceptors (Lipinski definition) is 6. The summed E-state index contributed by atoms with van der Waals surface area (Å²) in [5, 5.41) is 25.3. The molecule has 4 rings (SSSR count). The highest BCUT2D eigenvalue weighted by Crippen LogP contribution is 2.31. The first-order chi connectivity index (χ1) is 15.1. The van der Waals surface area contributed by atoms with Crippen molar-refractivity contribution in [2.24, 2.45) is 0 Å². The number of carbonyl (C=O) groups is 1. The van der Waals surface area contributed by atoms with Gasteiger partial charge in [0.1, 0.15) is 13.2 Å². The van der Waals surface area contributed by atoms with Crippen LogP contribution < -0.4 is 14.2 Å². The quantitative estimate of drug-likeness (QED) is 0.342. The molecule has 0 aliphatic heterocycles. The summed E-state index contributed by atoms with van der Waals surface area (Å²) in [5.74, 6) is -1.08. The van der Waals surface area contributed by atoms with Crippen molar-refractivity contribution in [1.82, 2.24) is 5.16 Å². The molecule has 0 aliphatic rings. The largest absolute Gasteiger partial charge is 0.618 e. The van der Waals surface area contributed by atoms with Gasteiger partial charge in [0.2, 0.25) is 23.4 Å². The Morgan fingerprint density at radius 1 is 0.935 bits per heavy atom.